The Hall–Kier alpha value is -0.580. The highest BCUT2D eigenvalue weighted by atomic mass is 35.5. The van der Waals surface area contributed by atoms with Gasteiger partial charge in [-0.3, -0.25) is 9.58 Å². The monoisotopic (exact) mass is 283 g/mol. The van der Waals surface area contributed by atoms with Crippen molar-refractivity contribution in [1.29, 1.82) is 0 Å². The molecule has 0 bridgehead atoms. The molecule has 4 nitrogen and oxygen atoms in total. The number of rotatable bonds is 3. The molecule has 0 aliphatic carbocycles. The van der Waals surface area contributed by atoms with Crippen LogP contribution in [0.2, 0.25) is 5.02 Å². The maximum absolute atomic E-state index is 11.0. The first-order valence-corrected chi connectivity index (χ1v) is 7.61. The first-order valence-electron chi connectivity index (χ1n) is 7.23. The van der Waals surface area contributed by atoms with Crippen LogP contribution in [0.5, 0.6) is 0 Å². The van der Waals surface area contributed by atoms with Gasteiger partial charge in [-0.2, -0.15) is 5.10 Å². The highest BCUT2D eigenvalue weighted by molar-refractivity contribution is 6.31. The van der Waals surface area contributed by atoms with Crippen LogP contribution in [0.15, 0.2) is 0 Å². The van der Waals surface area contributed by atoms with E-state index in [1.54, 1.807) is 0 Å². The van der Waals surface area contributed by atoms with Gasteiger partial charge in [0.15, 0.2) is 0 Å². The number of aryl methyl sites for hydroxylation is 2. The Balaban J connectivity index is 1.88. The average molecular weight is 284 g/mol. The van der Waals surface area contributed by atoms with Crippen molar-refractivity contribution in [3.63, 3.8) is 0 Å². The van der Waals surface area contributed by atoms with Crippen LogP contribution in [0.4, 0.5) is 0 Å². The third-order valence-corrected chi connectivity index (χ3v) is 5.23. The van der Waals surface area contributed by atoms with Crippen molar-refractivity contribution in [2.24, 2.45) is 0 Å². The van der Waals surface area contributed by atoms with Crippen LogP contribution in [-0.2, 0) is 13.0 Å². The number of fused-ring (bicyclic) bond motifs is 1. The quantitative estimate of drug-likeness (QED) is 0.923. The molecule has 2 fully saturated rings. The van der Waals surface area contributed by atoms with Crippen LogP contribution in [0, 0.1) is 6.92 Å². The molecule has 2 aliphatic heterocycles. The SMILES string of the molecule is CCn1nc(C)c(Cl)c1CC1(O)CCN2CCCC21. The van der Waals surface area contributed by atoms with Crippen molar-refractivity contribution >= 4 is 11.6 Å². The van der Waals surface area contributed by atoms with E-state index in [-0.39, 0.29) is 0 Å². The molecule has 19 heavy (non-hydrogen) atoms. The third kappa shape index (κ3) is 2.10. The molecule has 0 saturated carbocycles. The smallest absolute Gasteiger partial charge is 0.0869 e. The number of nitrogens with zero attached hydrogens (tertiary/aromatic N) is 3. The Bertz CT molecular complexity index is 487. The van der Waals surface area contributed by atoms with E-state index < -0.39 is 5.60 Å². The molecular weight excluding hydrogens is 262 g/mol. The maximum Gasteiger partial charge on any atom is 0.0869 e. The molecule has 2 aliphatic rings. The highest BCUT2D eigenvalue weighted by Crippen LogP contribution is 2.39. The third-order valence-electron chi connectivity index (χ3n) is 4.74. The van der Waals surface area contributed by atoms with Crippen molar-refractivity contribution in [3.05, 3.63) is 16.4 Å². The molecule has 5 heteroatoms. The standard InChI is InChI=1S/C14H22ClN3O/c1-3-18-11(13(15)10(2)16-18)9-14(19)6-8-17-7-4-5-12(14)17/h12,19H,3-9H2,1-2H3. The molecular formula is C14H22ClN3O. The van der Waals surface area contributed by atoms with E-state index in [2.05, 4.69) is 16.9 Å². The van der Waals surface area contributed by atoms with Gasteiger partial charge in [0.1, 0.15) is 0 Å². The van der Waals surface area contributed by atoms with Crippen LogP contribution >= 0.6 is 11.6 Å². The summed E-state index contributed by atoms with van der Waals surface area (Å²) in [6, 6.07) is 0.309. The molecule has 0 spiro atoms. The Morgan fingerprint density at radius 1 is 1.47 bits per heavy atom. The summed E-state index contributed by atoms with van der Waals surface area (Å²) in [5, 5.41) is 16.2. The lowest BCUT2D eigenvalue weighted by Crippen LogP contribution is -2.43. The lowest BCUT2D eigenvalue weighted by molar-refractivity contribution is 0.0124. The fraction of sp³-hybridized carbons (Fsp3) is 0.786. The van der Waals surface area contributed by atoms with E-state index in [4.69, 9.17) is 11.6 Å². The van der Waals surface area contributed by atoms with Gasteiger partial charge < -0.3 is 5.11 Å². The molecule has 1 aromatic heterocycles. The Morgan fingerprint density at radius 3 is 3.00 bits per heavy atom. The van der Waals surface area contributed by atoms with E-state index in [0.29, 0.717) is 12.5 Å². The zero-order valence-corrected chi connectivity index (χ0v) is 12.4. The fourth-order valence-electron chi connectivity index (χ4n) is 3.74. The van der Waals surface area contributed by atoms with E-state index in [1.807, 2.05) is 11.6 Å². The summed E-state index contributed by atoms with van der Waals surface area (Å²) >= 11 is 6.37. The second-order valence-corrected chi connectivity index (χ2v) is 6.26. The zero-order chi connectivity index (χ0) is 13.6. The molecule has 2 atom stereocenters. The molecule has 0 radical (unpaired) electrons. The Labute approximate surface area is 119 Å². The second kappa shape index (κ2) is 4.76. The number of halogens is 1. The van der Waals surface area contributed by atoms with E-state index in [0.717, 1.165) is 48.9 Å². The van der Waals surface area contributed by atoms with Crippen LogP contribution in [0.1, 0.15) is 37.6 Å². The Morgan fingerprint density at radius 2 is 2.26 bits per heavy atom. The number of aliphatic hydroxyl groups is 1. The summed E-state index contributed by atoms with van der Waals surface area (Å²) in [5.74, 6) is 0. The van der Waals surface area contributed by atoms with Gasteiger partial charge in [-0.05, 0) is 39.7 Å². The molecule has 3 heterocycles. The lowest BCUT2D eigenvalue weighted by Gasteiger charge is -2.30. The van der Waals surface area contributed by atoms with E-state index in [1.165, 1.54) is 6.42 Å². The van der Waals surface area contributed by atoms with Crippen molar-refractivity contribution < 1.29 is 5.11 Å². The van der Waals surface area contributed by atoms with E-state index >= 15 is 0 Å². The largest absolute Gasteiger partial charge is 0.388 e. The van der Waals surface area contributed by atoms with Gasteiger partial charge in [-0.25, -0.2) is 0 Å². The van der Waals surface area contributed by atoms with E-state index in [9.17, 15) is 5.11 Å². The minimum Gasteiger partial charge on any atom is -0.388 e. The molecule has 3 rings (SSSR count). The Kier molecular flexibility index (Phi) is 3.36. The summed E-state index contributed by atoms with van der Waals surface area (Å²) < 4.78 is 1.94. The number of hydrogen-bond acceptors (Lipinski definition) is 3. The van der Waals surface area contributed by atoms with Gasteiger partial charge in [0.25, 0.3) is 0 Å². The minimum atomic E-state index is -0.625. The normalized spacial score (nSPS) is 31.1. The van der Waals surface area contributed by atoms with Crippen LogP contribution in [0.3, 0.4) is 0 Å². The predicted molar refractivity (Wildman–Crippen MR) is 75.5 cm³/mol. The number of hydrogen-bond donors (Lipinski definition) is 1. The average Bonchev–Trinajstić information content (AvgIpc) is 3.03. The molecule has 1 aromatic rings. The van der Waals surface area contributed by atoms with Gasteiger partial charge in [0.05, 0.1) is 22.0 Å². The summed E-state index contributed by atoms with van der Waals surface area (Å²) in [5.41, 5.74) is 1.24. The van der Waals surface area contributed by atoms with Crippen molar-refractivity contribution in [2.75, 3.05) is 13.1 Å². The molecule has 0 amide bonds. The molecule has 1 N–H and O–H groups in total. The summed E-state index contributed by atoms with van der Waals surface area (Å²) in [6.07, 6.45) is 3.78. The zero-order valence-electron chi connectivity index (χ0n) is 11.7. The van der Waals surface area contributed by atoms with Gasteiger partial charge in [-0.1, -0.05) is 11.6 Å². The second-order valence-electron chi connectivity index (χ2n) is 5.89. The predicted octanol–water partition coefficient (Wildman–Crippen LogP) is 2.01. The molecule has 0 aromatic carbocycles. The van der Waals surface area contributed by atoms with Gasteiger partial charge in [0, 0.05) is 25.6 Å². The summed E-state index contributed by atoms with van der Waals surface area (Å²) in [7, 11) is 0. The number of aromatic nitrogens is 2. The highest BCUT2D eigenvalue weighted by Gasteiger charge is 2.48. The topological polar surface area (TPSA) is 41.3 Å². The van der Waals surface area contributed by atoms with Gasteiger partial charge >= 0.3 is 0 Å². The first kappa shape index (κ1) is 13.4. The minimum absolute atomic E-state index is 0.309. The van der Waals surface area contributed by atoms with Gasteiger partial charge in [0.2, 0.25) is 0 Å². The van der Waals surface area contributed by atoms with Crippen LogP contribution < -0.4 is 0 Å². The van der Waals surface area contributed by atoms with Gasteiger partial charge in [-0.15, -0.1) is 0 Å². The van der Waals surface area contributed by atoms with Crippen molar-refractivity contribution in [2.45, 2.75) is 57.7 Å². The molecule has 2 unspecified atom stereocenters. The summed E-state index contributed by atoms with van der Waals surface area (Å²) in [4.78, 5) is 2.42. The summed E-state index contributed by atoms with van der Waals surface area (Å²) in [6.45, 7) is 6.93. The first-order chi connectivity index (χ1) is 9.05. The van der Waals surface area contributed by atoms with Crippen LogP contribution in [-0.4, -0.2) is 44.5 Å². The maximum atomic E-state index is 11.0. The molecule has 106 valence electrons. The fourth-order valence-corrected chi connectivity index (χ4v) is 3.94. The van der Waals surface area contributed by atoms with Crippen molar-refractivity contribution in [3.8, 4) is 0 Å². The van der Waals surface area contributed by atoms with Crippen molar-refractivity contribution in [1.82, 2.24) is 14.7 Å². The lowest BCUT2D eigenvalue weighted by atomic mass is 9.88. The van der Waals surface area contributed by atoms with Crippen LogP contribution in [0.25, 0.3) is 0 Å². The molecule has 2 saturated heterocycles.